The summed E-state index contributed by atoms with van der Waals surface area (Å²) in [5.74, 6) is -0.0797. The first kappa shape index (κ1) is 14.2. The van der Waals surface area contributed by atoms with Gasteiger partial charge in [-0.15, -0.1) is 0 Å². The Morgan fingerprint density at radius 1 is 1.10 bits per heavy atom. The van der Waals surface area contributed by atoms with Gasteiger partial charge in [0.25, 0.3) is 0 Å². The van der Waals surface area contributed by atoms with Crippen LogP contribution in [-0.4, -0.2) is 15.3 Å². The van der Waals surface area contributed by atoms with E-state index in [1.54, 1.807) is 19.1 Å². The number of carbonyl (C=O) groups is 1. The first-order chi connectivity index (χ1) is 9.38. The molecule has 1 aromatic carbocycles. The van der Waals surface area contributed by atoms with Gasteiger partial charge in [0.15, 0.2) is 5.78 Å². The van der Waals surface area contributed by atoms with Crippen LogP contribution in [0.25, 0.3) is 0 Å². The van der Waals surface area contributed by atoms with E-state index in [9.17, 15) is 9.59 Å². The second kappa shape index (κ2) is 5.41. The van der Waals surface area contributed by atoms with Gasteiger partial charge in [-0.1, -0.05) is 12.1 Å². The van der Waals surface area contributed by atoms with Crippen LogP contribution < -0.4 is 5.69 Å². The van der Waals surface area contributed by atoms with E-state index in [-0.39, 0.29) is 18.0 Å². The zero-order valence-electron chi connectivity index (χ0n) is 12.2. The number of hydrogen-bond donors (Lipinski definition) is 0. The highest BCUT2D eigenvalue weighted by Gasteiger charge is 2.11. The number of hydrogen-bond acceptors (Lipinski definition) is 3. The summed E-state index contributed by atoms with van der Waals surface area (Å²) in [6, 6.07) is 7.38. The van der Waals surface area contributed by atoms with E-state index < -0.39 is 0 Å². The molecule has 0 aliphatic rings. The van der Waals surface area contributed by atoms with Gasteiger partial charge in [0.05, 0.1) is 6.54 Å². The first-order valence-electron chi connectivity index (χ1n) is 6.54. The molecule has 1 aromatic heterocycles. The van der Waals surface area contributed by atoms with Gasteiger partial charge in [-0.05, 0) is 51.0 Å². The van der Waals surface area contributed by atoms with E-state index in [0.717, 1.165) is 16.8 Å². The molecule has 0 unspecified atom stereocenters. The maximum Gasteiger partial charge on any atom is 0.348 e. The molecule has 1 heterocycles. The van der Waals surface area contributed by atoms with Crippen LogP contribution in [0.5, 0.6) is 0 Å². The second-order valence-corrected chi connectivity index (χ2v) is 5.13. The molecule has 0 aliphatic heterocycles. The fourth-order valence-corrected chi connectivity index (χ4v) is 2.12. The van der Waals surface area contributed by atoms with Gasteiger partial charge in [0, 0.05) is 17.0 Å². The van der Waals surface area contributed by atoms with Crippen molar-refractivity contribution in [1.82, 2.24) is 9.55 Å². The molecule has 104 valence electrons. The fourth-order valence-electron chi connectivity index (χ4n) is 2.12. The molecule has 20 heavy (non-hydrogen) atoms. The summed E-state index contributed by atoms with van der Waals surface area (Å²) in [5.41, 5.74) is 3.88. The molecule has 0 bridgehead atoms. The number of rotatable bonds is 3. The number of aromatic nitrogens is 2. The van der Waals surface area contributed by atoms with Gasteiger partial charge in [-0.25, -0.2) is 4.79 Å². The minimum Gasteiger partial charge on any atom is -0.292 e. The average molecular weight is 270 g/mol. The molecule has 0 radical (unpaired) electrons. The third-order valence-corrected chi connectivity index (χ3v) is 3.48. The smallest absolute Gasteiger partial charge is 0.292 e. The van der Waals surface area contributed by atoms with Gasteiger partial charge in [0.2, 0.25) is 0 Å². The molecule has 0 saturated carbocycles. The molecular formula is C16H18N2O2. The standard InChI is InChI=1S/C16H18N2O2/c1-10-5-6-14(7-11(10)2)15(19)9-18-13(4)8-12(3)17-16(18)20/h5-8H,9H2,1-4H3. The van der Waals surface area contributed by atoms with Crippen molar-refractivity contribution < 1.29 is 4.79 Å². The Morgan fingerprint density at radius 3 is 2.40 bits per heavy atom. The minimum absolute atomic E-state index is 0.0282. The van der Waals surface area contributed by atoms with Crippen LogP contribution in [0.2, 0.25) is 0 Å². The van der Waals surface area contributed by atoms with E-state index in [0.29, 0.717) is 11.3 Å². The zero-order valence-corrected chi connectivity index (χ0v) is 12.2. The van der Waals surface area contributed by atoms with Crippen molar-refractivity contribution in [2.24, 2.45) is 0 Å². The second-order valence-electron chi connectivity index (χ2n) is 5.13. The molecule has 0 amide bonds. The Balaban J connectivity index is 2.33. The van der Waals surface area contributed by atoms with E-state index in [1.165, 1.54) is 4.57 Å². The summed E-state index contributed by atoms with van der Waals surface area (Å²) in [5, 5.41) is 0. The largest absolute Gasteiger partial charge is 0.348 e. The van der Waals surface area contributed by atoms with Crippen molar-refractivity contribution in [3.05, 3.63) is 62.8 Å². The Kier molecular flexibility index (Phi) is 3.84. The van der Waals surface area contributed by atoms with Gasteiger partial charge < -0.3 is 0 Å². The number of carbonyl (C=O) groups excluding carboxylic acids is 1. The quantitative estimate of drug-likeness (QED) is 0.804. The van der Waals surface area contributed by atoms with Crippen molar-refractivity contribution in [2.75, 3.05) is 0 Å². The number of nitrogens with zero attached hydrogens (tertiary/aromatic N) is 2. The Hall–Kier alpha value is -2.23. The van der Waals surface area contributed by atoms with E-state index >= 15 is 0 Å². The predicted molar refractivity (Wildman–Crippen MR) is 78.2 cm³/mol. The first-order valence-corrected chi connectivity index (χ1v) is 6.54. The average Bonchev–Trinajstić information content (AvgIpc) is 2.36. The van der Waals surface area contributed by atoms with E-state index in [1.807, 2.05) is 32.9 Å². The molecule has 0 spiro atoms. The van der Waals surface area contributed by atoms with Crippen LogP contribution in [0.15, 0.2) is 29.1 Å². The normalized spacial score (nSPS) is 10.6. The van der Waals surface area contributed by atoms with Crippen LogP contribution >= 0.6 is 0 Å². The maximum absolute atomic E-state index is 12.3. The molecule has 4 heteroatoms. The van der Waals surface area contributed by atoms with Crippen molar-refractivity contribution in [3.63, 3.8) is 0 Å². The van der Waals surface area contributed by atoms with E-state index in [2.05, 4.69) is 4.98 Å². The Labute approximate surface area is 118 Å². The summed E-state index contributed by atoms with van der Waals surface area (Å²) < 4.78 is 1.41. The van der Waals surface area contributed by atoms with Crippen LogP contribution in [0.3, 0.4) is 0 Å². The van der Waals surface area contributed by atoms with Gasteiger partial charge >= 0.3 is 5.69 Å². The number of Topliss-reactive ketones (excluding diaryl/α,β-unsaturated/α-hetero) is 1. The highest BCUT2D eigenvalue weighted by atomic mass is 16.2. The summed E-state index contributed by atoms with van der Waals surface area (Å²) >= 11 is 0. The molecule has 2 aromatic rings. The SMILES string of the molecule is Cc1cc(C)n(CC(=O)c2ccc(C)c(C)c2)c(=O)n1. The molecular weight excluding hydrogens is 252 g/mol. The van der Waals surface area contributed by atoms with Crippen molar-refractivity contribution in [3.8, 4) is 0 Å². The van der Waals surface area contributed by atoms with Gasteiger partial charge in [-0.3, -0.25) is 9.36 Å². The molecule has 0 fully saturated rings. The maximum atomic E-state index is 12.3. The topological polar surface area (TPSA) is 52.0 Å². The highest BCUT2D eigenvalue weighted by molar-refractivity contribution is 5.96. The number of benzene rings is 1. The van der Waals surface area contributed by atoms with Crippen LogP contribution in [0, 0.1) is 27.7 Å². The van der Waals surface area contributed by atoms with Crippen LogP contribution in [0.1, 0.15) is 32.9 Å². The van der Waals surface area contributed by atoms with Crippen molar-refractivity contribution in [1.29, 1.82) is 0 Å². The highest BCUT2D eigenvalue weighted by Crippen LogP contribution is 2.11. The molecule has 0 aliphatic carbocycles. The lowest BCUT2D eigenvalue weighted by molar-refractivity contribution is 0.0969. The lowest BCUT2D eigenvalue weighted by atomic mass is 10.0. The molecule has 4 nitrogen and oxygen atoms in total. The molecule has 2 rings (SSSR count). The molecule has 0 saturated heterocycles. The lowest BCUT2D eigenvalue weighted by Gasteiger charge is -2.10. The predicted octanol–water partition coefficient (Wildman–Crippen LogP) is 2.36. The van der Waals surface area contributed by atoms with Crippen molar-refractivity contribution in [2.45, 2.75) is 34.2 Å². The van der Waals surface area contributed by atoms with Crippen LogP contribution in [0.4, 0.5) is 0 Å². The number of ketones is 1. The third kappa shape index (κ3) is 2.85. The number of aryl methyl sites for hydroxylation is 4. The summed E-state index contributed by atoms with van der Waals surface area (Å²) in [7, 11) is 0. The Bertz CT molecular complexity index is 730. The summed E-state index contributed by atoms with van der Waals surface area (Å²) in [6.07, 6.45) is 0. The lowest BCUT2D eigenvalue weighted by Crippen LogP contribution is -2.28. The van der Waals surface area contributed by atoms with E-state index in [4.69, 9.17) is 0 Å². The third-order valence-electron chi connectivity index (χ3n) is 3.48. The van der Waals surface area contributed by atoms with Crippen molar-refractivity contribution >= 4 is 5.78 Å². The Morgan fingerprint density at radius 2 is 1.80 bits per heavy atom. The van der Waals surface area contributed by atoms with Gasteiger partial charge in [-0.2, -0.15) is 4.98 Å². The van der Waals surface area contributed by atoms with Crippen LogP contribution in [-0.2, 0) is 6.54 Å². The van der Waals surface area contributed by atoms with Gasteiger partial charge in [0.1, 0.15) is 0 Å². The summed E-state index contributed by atoms with van der Waals surface area (Å²) in [6.45, 7) is 7.58. The molecule has 0 N–H and O–H groups in total. The zero-order chi connectivity index (χ0) is 14.9. The summed E-state index contributed by atoms with van der Waals surface area (Å²) in [4.78, 5) is 28.0. The monoisotopic (exact) mass is 270 g/mol. The minimum atomic E-state index is -0.375. The molecule has 0 atom stereocenters. The fraction of sp³-hybridized carbons (Fsp3) is 0.312.